The summed E-state index contributed by atoms with van der Waals surface area (Å²) in [5, 5.41) is 3.05. The third-order valence-corrected chi connectivity index (χ3v) is 4.87. The fourth-order valence-corrected chi connectivity index (χ4v) is 3.44. The molecular formula is C22H26N2O2. The molecule has 1 heterocycles. The molecule has 0 spiro atoms. The molecule has 1 atom stereocenters. The van der Waals surface area contributed by atoms with E-state index in [2.05, 4.69) is 36.5 Å². The highest BCUT2D eigenvalue weighted by atomic mass is 16.2. The van der Waals surface area contributed by atoms with E-state index in [1.165, 1.54) is 5.56 Å². The second-order valence-corrected chi connectivity index (χ2v) is 6.86. The summed E-state index contributed by atoms with van der Waals surface area (Å²) in [6.07, 6.45) is 2.04. The molecule has 1 aliphatic rings. The molecule has 1 fully saturated rings. The predicted octanol–water partition coefficient (Wildman–Crippen LogP) is 3.62. The van der Waals surface area contributed by atoms with Crippen molar-refractivity contribution < 1.29 is 9.59 Å². The first-order valence-corrected chi connectivity index (χ1v) is 9.37. The van der Waals surface area contributed by atoms with Gasteiger partial charge in [0.1, 0.15) is 0 Å². The minimum atomic E-state index is -0.100. The van der Waals surface area contributed by atoms with Crippen LogP contribution in [0.1, 0.15) is 31.7 Å². The van der Waals surface area contributed by atoms with Crippen molar-refractivity contribution in [2.24, 2.45) is 5.92 Å². The number of rotatable bonds is 6. The molecule has 1 unspecified atom stereocenters. The van der Waals surface area contributed by atoms with E-state index in [-0.39, 0.29) is 17.7 Å². The standard InChI is InChI=1S/C22H26N2O2/c1-2-13-24-16-20(11-12-21(24)25)22(26)23-15-17-7-6-10-19(14-17)18-8-4-3-5-9-18/h3-10,14,20H,2,11-13,15-16H2,1H3,(H,23,26). The monoisotopic (exact) mass is 350 g/mol. The SMILES string of the molecule is CCCN1CC(C(=O)NCc2cccc(-c3ccccc3)c2)CCC1=O. The summed E-state index contributed by atoms with van der Waals surface area (Å²) in [6, 6.07) is 18.5. The van der Waals surface area contributed by atoms with Gasteiger partial charge in [0, 0.05) is 26.1 Å². The van der Waals surface area contributed by atoms with Crippen molar-refractivity contribution in [3.05, 3.63) is 60.2 Å². The van der Waals surface area contributed by atoms with Crippen LogP contribution in [0.5, 0.6) is 0 Å². The Balaban J connectivity index is 1.59. The van der Waals surface area contributed by atoms with Crippen molar-refractivity contribution in [1.29, 1.82) is 0 Å². The van der Waals surface area contributed by atoms with Crippen molar-refractivity contribution in [2.45, 2.75) is 32.7 Å². The highest BCUT2D eigenvalue weighted by Gasteiger charge is 2.29. The second kappa shape index (κ2) is 8.65. The third kappa shape index (κ3) is 4.51. The molecule has 1 aliphatic heterocycles. The highest BCUT2D eigenvalue weighted by Crippen LogP contribution is 2.21. The molecule has 0 saturated carbocycles. The fraction of sp³-hybridized carbons (Fsp3) is 0.364. The number of piperidine rings is 1. The van der Waals surface area contributed by atoms with E-state index in [0.29, 0.717) is 25.9 Å². The second-order valence-electron chi connectivity index (χ2n) is 6.86. The van der Waals surface area contributed by atoms with Gasteiger partial charge < -0.3 is 10.2 Å². The minimum Gasteiger partial charge on any atom is -0.352 e. The van der Waals surface area contributed by atoms with E-state index in [4.69, 9.17) is 0 Å². The molecule has 2 aromatic rings. The van der Waals surface area contributed by atoms with Gasteiger partial charge in [-0.05, 0) is 35.6 Å². The number of nitrogens with zero attached hydrogens (tertiary/aromatic N) is 1. The number of hydrogen-bond donors (Lipinski definition) is 1. The Morgan fingerprint density at radius 3 is 2.65 bits per heavy atom. The Labute approximate surface area is 155 Å². The molecule has 1 N–H and O–H groups in total. The van der Waals surface area contributed by atoms with Gasteiger partial charge in [0.2, 0.25) is 11.8 Å². The van der Waals surface area contributed by atoms with Crippen LogP contribution in [0.4, 0.5) is 0 Å². The van der Waals surface area contributed by atoms with Gasteiger partial charge in [-0.1, -0.05) is 55.5 Å². The largest absolute Gasteiger partial charge is 0.352 e. The molecule has 2 amide bonds. The number of carbonyl (C=O) groups excluding carboxylic acids is 2. The molecule has 1 saturated heterocycles. The number of amides is 2. The predicted molar refractivity (Wildman–Crippen MR) is 103 cm³/mol. The van der Waals surface area contributed by atoms with E-state index >= 15 is 0 Å². The van der Waals surface area contributed by atoms with Crippen LogP contribution in [-0.4, -0.2) is 29.8 Å². The van der Waals surface area contributed by atoms with Gasteiger partial charge in [-0.25, -0.2) is 0 Å². The Morgan fingerprint density at radius 2 is 1.88 bits per heavy atom. The Morgan fingerprint density at radius 1 is 1.12 bits per heavy atom. The number of carbonyl (C=O) groups is 2. The quantitative estimate of drug-likeness (QED) is 0.865. The average Bonchev–Trinajstić information content (AvgIpc) is 2.69. The van der Waals surface area contributed by atoms with Gasteiger partial charge in [0.25, 0.3) is 0 Å². The normalized spacial score (nSPS) is 17.2. The van der Waals surface area contributed by atoms with Crippen LogP contribution >= 0.6 is 0 Å². The average molecular weight is 350 g/mol. The third-order valence-electron chi connectivity index (χ3n) is 4.87. The molecule has 3 rings (SSSR count). The molecule has 4 heteroatoms. The lowest BCUT2D eigenvalue weighted by Crippen LogP contribution is -2.45. The number of hydrogen-bond acceptors (Lipinski definition) is 2. The minimum absolute atomic E-state index is 0.0451. The first-order valence-electron chi connectivity index (χ1n) is 9.37. The summed E-state index contributed by atoms with van der Waals surface area (Å²) in [6.45, 7) is 3.85. The van der Waals surface area contributed by atoms with Crippen molar-refractivity contribution in [3.63, 3.8) is 0 Å². The summed E-state index contributed by atoms with van der Waals surface area (Å²) < 4.78 is 0. The van der Waals surface area contributed by atoms with Crippen LogP contribution in [0.25, 0.3) is 11.1 Å². The van der Waals surface area contributed by atoms with Gasteiger partial charge in [-0.2, -0.15) is 0 Å². The maximum absolute atomic E-state index is 12.5. The van der Waals surface area contributed by atoms with Gasteiger partial charge in [-0.3, -0.25) is 9.59 Å². The van der Waals surface area contributed by atoms with Gasteiger partial charge in [0.15, 0.2) is 0 Å². The highest BCUT2D eigenvalue weighted by molar-refractivity contribution is 5.83. The van der Waals surface area contributed by atoms with Crippen molar-refractivity contribution in [2.75, 3.05) is 13.1 Å². The van der Waals surface area contributed by atoms with Crippen molar-refractivity contribution in [1.82, 2.24) is 10.2 Å². The van der Waals surface area contributed by atoms with Crippen LogP contribution in [0, 0.1) is 5.92 Å². The smallest absolute Gasteiger partial charge is 0.225 e. The van der Waals surface area contributed by atoms with E-state index in [0.717, 1.165) is 24.1 Å². The molecule has 2 aromatic carbocycles. The zero-order chi connectivity index (χ0) is 18.4. The van der Waals surface area contributed by atoms with Gasteiger partial charge in [0.05, 0.1) is 5.92 Å². The lowest BCUT2D eigenvalue weighted by atomic mass is 9.96. The molecule has 0 bridgehead atoms. The van der Waals surface area contributed by atoms with Crippen LogP contribution in [-0.2, 0) is 16.1 Å². The summed E-state index contributed by atoms with van der Waals surface area (Å²) in [7, 11) is 0. The molecule has 0 aliphatic carbocycles. The molecule has 136 valence electrons. The summed E-state index contributed by atoms with van der Waals surface area (Å²) in [5.74, 6) is 0.117. The molecule has 4 nitrogen and oxygen atoms in total. The van der Waals surface area contributed by atoms with Gasteiger partial charge in [-0.15, -0.1) is 0 Å². The van der Waals surface area contributed by atoms with Crippen LogP contribution < -0.4 is 5.32 Å². The first-order chi connectivity index (χ1) is 12.7. The fourth-order valence-electron chi connectivity index (χ4n) is 3.44. The first kappa shape index (κ1) is 18.2. The van der Waals surface area contributed by atoms with E-state index in [1.54, 1.807) is 0 Å². The Hall–Kier alpha value is -2.62. The summed E-state index contributed by atoms with van der Waals surface area (Å²) >= 11 is 0. The number of nitrogens with one attached hydrogen (secondary N) is 1. The van der Waals surface area contributed by atoms with E-state index < -0.39 is 0 Å². The zero-order valence-electron chi connectivity index (χ0n) is 15.3. The van der Waals surface area contributed by atoms with Crippen molar-refractivity contribution >= 4 is 11.8 Å². The number of benzene rings is 2. The van der Waals surface area contributed by atoms with Crippen LogP contribution in [0.15, 0.2) is 54.6 Å². The maximum Gasteiger partial charge on any atom is 0.225 e. The van der Waals surface area contributed by atoms with Crippen LogP contribution in [0.3, 0.4) is 0 Å². The topological polar surface area (TPSA) is 49.4 Å². The molecular weight excluding hydrogens is 324 g/mol. The van der Waals surface area contributed by atoms with E-state index in [1.807, 2.05) is 35.2 Å². The summed E-state index contributed by atoms with van der Waals surface area (Å²) in [4.78, 5) is 26.3. The van der Waals surface area contributed by atoms with Crippen molar-refractivity contribution in [3.8, 4) is 11.1 Å². The summed E-state index contributed by atoms with van der Waals surface area (Å²) in [5.41, 5.74) is 3.40. The lowest BCUT2D eigenvalue weighted by molar-refractivity contribution is -0.138. The zero-order valence-corrected chi connectivity index (χ0v) is 15.3. The maximum atomic E-state index is 12.5. The lowest BCUT2D eigenvalue weighted by Gasteiger charge is -2.31. The Bertz CT molecular complexity index is 758. The molecule has 0 radical (unpaired) electrons. The Kier molecular flexibility index (Phi) is 6.05. The van der Waals surface area contributed by atoms with Gasteiger partial charge >= 0.3 is 0 Å². The number of likely N-dealkylation sites (tertiary alicyclic amines) is 1. The van der Waals surface area contributed by atoms with E-state index in [9.17, 15) is 9.59 Å². The van der Waals surface area contributed by atoms with Crippen LogP contribution in [0.2, 0.25) is 0 Å². The molecule has 0 aromatic heterocycles. The molecule has 26 heavy (non-hydrogen) atoms.